The molecule has 3 rings (SSSR count). The molecular formula is C18H24ClN3O2. The third kappa shape index (κ3) is 4.36. The zero-order chi connectivity index (χ0) is 16.2. The Hall–Kier alpha value is -1.85. The molecule has 0 spiro atoms. The van der Waals surface area contributed by atoms with Crippen molar-refractivity contribution in [2.75, 3.05) is 19.6 Å². The molecule has 0 saturated carbocycles. The van der Waals surface area contributed by atoms with Crippen LogP contribution in [0.1, 0.15) is 18.2 Å². The van der Waals surface area contributed by atoms with Gasteiger partial charge >= 0.3 is 0 Å². The third-order valence-corrected chi connectivity index (χ3v) is 4.46. The lowest BCUT2D eigenvalue weighted by Gasteiger charge is -2.31. The molecule has 2 N–H and O–H groups in total. The number of benzene rings is 1. The number of aromatic nitrogens is 1. The normalized spacial score (nSPS) is 15.2. The first-order valence-electron chi connectivity index (χ1n) is 8.13. The molecule has 1 fully saturated rings. The van der Waals surface area contributed by atoms with Crippen molar-refractivity contribution in [1.29, 1.82) is 0 Å². The number of nitrogens with zero attached hydrogens (tertiary/aromatic N) is 1. The highest BCUT2D eigenvalue weighted by Crippen LogP contribution is 2.19. The molecule has 24 heavy (non-hydrogen) atoms. The summed E-state index contributed by atoms with van der Waals surface area (Å²) in [5.41, 5.74) is 3.04. The molecule has 130 valence electrons. The zero-order valence-electron chi connectivity index (χ0n) is 14.0. The molecule has 0 bridgehead atoms. The number of carbonyl (C=O) groups is 1. The van der Waals surface area contributed by atoms with Gasteiger partial charge in [0.15, 0.2) is 0 Å². The van der Waals surface area contributed by atoms with E-state index in [1.807, 2.05) is 38.1 Å². The molecule has 2 heterocycles. The predicted octanol–water partition coefficient (Wildman–Crippen LogP) is 2.59. The standard InChI is InChI=1S/C18H23N3O2.ClH/c1-12-3-5-14(6-4-12)18-21-16(11-23-18)7-8-20-17(22)13(2)15-9-19-10-15;/h3-6,11,13,15,19H,7-10H2,1-2H3,(H,20,22);1H. The van der Waals surface area contributed by atoms with E-state index in [0.717, 1.165) is 24.3 Å². The maximum Gasteiger partial charge on any atom is 0.226 e. The Morgan fingerprint density at radius 2 is 2.08 bits per heavy atom. The Morgan fingerprint density at radius 3 is 2.71 bits per heavy atom. The van der Waals surface area contributed by atoms with Gasteiger partial charge in [-0.3, -0.25) is 4.79 Å². The second kappa shape index (κ2) is 8.31. The number of hydrogen-bond acceptors (Lipinski definition) is 4. The van der Waals surface area contributed by atoms with Gasteiger partial charge in [0.05, 0.1) is 5.69 Å². The lowest BCUT2D eigenvalue weighted by Crippen LogP contribution is -2.49. The van der Waals surface area contributed by atoms with E-state index in [0.29, 0.717) is 24.8 Å². The van der Waals surface area contributed by atoms with E-state index in [-0.39, 0.29) is 24.2 Å². The van der Waals surface area contributed by atoms with Gasteiger partial charge in [-0.1, -0.05) is 24.6 Å². The summed E-state index contributed by atoms with van der Waals surface area (Å²) < 4.78 is 5.53. The number of hydrogen-bond donors (Lipinski definition) is 2. The van der Waals surface area contributed by atoms with Crippen LogP contribution in [-0.4, -0.2) is 30.5 Å². The minimum absolute atomic E-state index is 0. The van der Waals surface area contributed by atoms with Crippen molar-refractivity contribution in [1.82, 2.24) is 15.6 Å². The summed E-state index contributed by atoms with van der Waals surface area (Å²) >= 11 is 0. The van der Waals surface area contributed by atoms with E-state index in [2.05, 4.69) is 15.6 Å². The molecular weight excluding hydrogens is 326 g/mol. The molecule has 1 amide bonds. The molecule has 1 aliphatic heterocycles. The quantitative estimate of drug-likeness (QED) is 0.841. The van der Waals surface area contributed by atoms with Gasteiger partial charge in [0.1, 0.15) is 6.26 Å². The largest absolute Gasteiger partial charge is 0.444 e. The average molecular weight is 350 g/mol. The van der Waals surface area contributed by atoms with Crippen LogP contribution in [0.25, 0.3) is 11.5 Å². The molecule has 1 unspecified atom stereocenters. The summed E-state index contributed by atoms with van der Waals surface area (Å²) in [6.45, 7) is 6.51. The van der Waals surface area contributed by atoms with E-state index in [1.54, 1.807) is 6.26 Å². The molecule has 6 heteroatoms. The maximum absolute atomic E-state index is 12.0. The summed E-state index contributed by atoms with van der Waals surface area (Å²) in [6.07, 6.45) is 2.34. The van der Waals surface area contributed by atoms with Crippen molar-refractivity contribution in [2.24, 2.45) is 11.8 Å². The minimum Gasteiger partial charge on any atom is -0.444 e. The molecule has 1 aromatic heterocycles. The summed E-state index contributed by atoms with van der Waals surface area (Å²) in [7, 11) is 0. The first-order chi connectivity index (χ1) is 11.1. The average Bonchev–Trinajstić information content (AvgIpc) is 2.95. The number of carbonyl (C=O) groups excluding carboxylic acids is 1. The van der Waals surface area contributed by atoms with Gasteiger partial charge in [-0.05, 0) is 38.1 Å². The zero-order valence-corrected chi connectivity index (χ0v) is 14.9. The summed E-state index contributed by atoms with van der Waals surface area (Å²) in [4.78, 5) is 16.5. The second-order valence-electron chi connectivity index (χ2n) is 6.26. The van der Waals surface area contributed by atoms with Crippen LogP contribution in [0.3, 0.4) is 0 Å². The number of halogens is 1. The molecule has 1 atom stereocenters. The SMILES string of the molecule is Cc1ccc(-c2nc(CCNC(=O)C(C)C3CNC3)co2)cc1.Cl. The summed E-state index contributed by atoms with van der Waals surface area (Å²) in [5, 5.41) is 6.19. The fourth-order valence-corrected chi connectivity index (χ4v) is 2.60. The Morgan fingerprint density at radius 1 is 1.38 bits per heavy atom. The fraction of sp³-hybridized carbons (Fsp3) is 0.444. The van der Waals surface area contributed by atoms with E-state index in [9.17, 15) is 4.79 Å². The van der Waals surface area contributed by atoms with Crippen molar-refractivity contribution in [3.05, 3.63) is 41.8 Å². The van der Waals surface area contributed by atoms with Gasteiger partial charge in [0, 0.05) is 24.4 Å². The first kappa shape index (κ1) is 18.5. The van der Waals surface area contributed by atoms with Gasteiger partial charge in [-0.25, -0.2) is 4.98 Å². The maximum atomic E-state index is 12.0. The topological polar surface area (TPSA) is 67.2 Å². The number of nitrogens with one attached hydrogen (secondary N) is 2. The highest BCUT2D eigenvalue weighted by Gasteiger charge is 2.28. The second-order valence-corrected chi connectivity index (χ2v) is 6.26. The molecule has 1 saturated heterocycles. The van der Waals surface area contributed by atoms with Gasteiger partial charge in [0.25, 0.3) is 0 Å². The monoisotopic (exact) mass is 349 g/mol. The van der Waals surface area contributed by atoms with Crippen LogP contribution in [-0.2, 0) is 11.2 Å². The van der Waals surface area contributed by atoms with E-state index >= 15 is 0 Å². The molecule has 2 aromatic rings. The Bertz CT molecular complexity index is 665. The molecule has 5 nitrogen and oxygen atoms in total. The van der Waals surface area contributed by atoms with Crippen LogP contribution in [0.15, 0.2) is 34.9 Å². The smallest absolute Gasteiger partial charge is 0.226 e. The van der Waals surface area contributed by atoms with E-state index in [1.165, 1.54) is 5.56 Å². The van der Waals surface area contributed by atoms with Crippen molar-refractivity contribution in [2.45, 2.75) is 20.3 Å². The van der Waals surface area contributed by atoms with Crippen LogP contribution in [0.2, 0.25) is 0 Å². The van der Waals surface area contributed by atoms with Crippen LogP contribution in [0, 0.1) is 18.8 Å². The Balaban J connectivity index is 0.00000208. The van der Waals surface area contributed by atoms with Gasteiger partial charge in [-0.15, -0.1) is 12.4 Å². The molecule has 0 aliphatic carbocycles. The highest BCUT2D eigenvalue weighted by atomic mass is 35.5. The van der Waals surface area contributed by atoms with Crippen LogP contribution in [0.5, 0.6) is 0 Å². The fourth-order valence-electron chi connectivity index (χ4n) is 2.60. The number of amides is 1. The minimum atomic E-state index is 0. The molecule has 0 radical (unpaired) electrons. The third-order valence-electron chi connectivity index (χ3n) is 4.46. The Labute approximate surface area is 148 Å². The first-order valence-corrected chi connectivity index (χ1v) is 8.13. The van der Waals surface area contributed by atoms with Gasteiger partial charge < -0.3 is 15.1 Å². The number of oxazole rings is 1. The van der Waals surface area contributed by atoms with E-state index < -0.39 is 0 Å². The van der Waals surface area contributed by atoms with Crippen LogP contribution in [0.4, 0.5) is 0 Å². The Kier molecular flexibility index (Phi) is 6.40. The van der Waals surface area contributed by atoms with Gasteiger partial charge in [0.2, 0.25) is 11.8 Å². The van der Waals surface area contributed by atoms with Crippen molar-refractivity contribution in [3.63, 3.8) is 0 Å². The van der Waals surface area contributed by atoms with Crippen molar-refractivity contribution < 1.29 is 9.21 Å². The lowest BCUT2D eigenvalue weighted by molar-refractivity contribution is -0.126. The predicted molar refractivity (Wildman–Crippen MR) is 96.2 cm³/mol. The number of rotatable bonds is 6. The lowest BCUT2D eigenvalue weighted by atomic mass is 9.88. The van der Waals surface area contributed by atoms with Gasteiger partial charge in [-0.2, -0.15) is 0 Å². The molecule has 1 aromatic carbocycles. The number of aryl methyl sites for hydroxylation is 1. The van der Waals surface area contributed by atoms with E-state index in [4.69, 9.17) is 4.42 Å². The summed E-state index contributed by atoms with van der Waals surface area (Å²) in [6, 6.07) is 8.08. The highest BCUT2D eigenvalue weighted by molar-refractivity contribution is 5.85. The van der Waals surface area contributed by atoms with Crippen molar-refractivity contribution >= 4 is 18.3 Å². The summed E-state index contributed by atoms with van der Waals surface area (Å²) in [5.74, 6) is 1.28. The van der Waals surface area contributed by atoms with Crippen LogP contribution < -0.4 is 10.6 Å². The van der Waals surface area contributed by atoms with Crippen molar-refractivity contribution in [3.8, 4) is 11.5 Å². The van der Waals surface area contributed by atoms with Crippen LogP contribution >= 0.6 is 12.4 Å². The molecule has 1 aliphatic rings.